The van der Waals surface area contributed by atoms with Crippen LogP contribution in [-0.2, 0) is 21.0 Å². The van der Waals surface area contributed by atoms with Gasteiger partial charge in [0.25, 0.3) is 5.91 Å². The Morgan fingerprint density at radius 3 is 2.33 bits per heavy atom. The van der Waals surface area contributed by atoms with E-state index in [0.717, 1.165) is 24.2 Å². The lowest BCUT2D eigenvalue weighted by Gasteiger charge is -2.38. The number of fused-ring (bicyclic) bond motifs is 1. The fraction of sp³-hybridized carbons (Fsp3) is 0.368. The number of rotatable bonds is 11. The Bertz CT molecular complexity index is 1560. The quantitative estimate of drug-likeness (QED) is 0.167. The number of hydrogen-bond donors (Lipinski definition) is 0. The maximum atomic E-state index is 12.6. The molecule has 1 saturated heterocycles. The van der Waals surface area contributed by atoms with Gasteiger partial charge in [0.15, 0.2) is 0 Å². The summed E-state index contributed by atoms with van der Waals surface area (Å²) in [5.74, 6) is 0.700. The summed E-state index contributed by atoms with van der Waals surface area (Å²) >= 11 is 0. The molecule has 1 aliphatic rings. The van der Waals surface area contributed by atoms with E-state index in [2.05, 4.69) is 42.5 Å². The number of benzene rings is 4. The maximum absolute atomic E-state index is 12.6. The first-order valence-electron chi connectivity index (χ1n) is 15.8. The van der Waals surface area contributed by atoms with E-state index in [9.17, 15) is 9.59 Å². The molecule has 0 saturated carbocycles. The largest absolute Gasteiger partial charge is 0.494 e. The van der Waals surface area contributed by atoms with Crippen molar-refractivity contribution in [1.82, 2.24) is 9.96 Å². The van der Waals surface area contributed by atoms with Crippen LogP contribution >= 0.6 is 0 Å². The third kappa shape index (κ3) is 8.71. The number of amides is 1. The van der Waals surface area contributed by atoms with Crippen molar-refractivity contribution >= 4 is 22.6 Å². The highest BCUT2D eigenvalue weighted by molar-refractivity contribution is 5.94. The maximum Gasteiger partial charge on any atom is 0.330 e. The summed E-state index contributed by atoms with van der Waals surface area (Å²) in [7, 11) is 1.82. The molecule has 0 N–H and O–H groups in total. The summed E-state index contributed by atoms with van der Waals surface area (Å²) in [4.78, 5) is 32.7. The van der Waals surface area contributed by atoms with Gasteiger partial charge in [0.1, 0.15) is 5.75 Å². The Hall–Kier alpha value is -4.20. The molecule has 0 radical (unpaired) electrons. The van der Waals surface area contributed by atoms with Crippen LogP contribution in [0.4, 0.5) is 0 Å². The third-order valence-corrected chi connectivity index (χ3v) is 8.21. The highest BCUT2D eigenvalue weighted by atomic mass is 16.7. The van der Waals surface area contributed by atoms with Gasteiger partial charge >= 0.3 is 5.97 Å². The molecular formula is C38H44N2O5. The number of carbonyl (C=O) groups is 2. The van der Waals surface area contributed by atoms with Gasteiger partial charge < -0.3 is 19.2 Å². The van der Waals surface area contributed by atoms with Crippen molar-refractivity contribution in [3.63, 3.8) is 0 Å². The number of hydrogen-bond acceptors (Lipinski definition) is 6. The van der Waals surface area contributed by atoms with E-state index in [-0.39, 0.29) is 23.9 Å². The molecule has 4 aromatic rings. The first-order valence-corrected chi connectivity index (χ1v) is 15.8. The van der Waals surface area contributed by atoms with E-state index in [0.29, 0.717) is 38.4 Å². The molecule has 5 rings (SSSR count). The first-order chi connectivity index (χ1) is 21.7. The standard InChI is InChI=1S/C38H44N2O5/c1-38(2,3)37(42)45-40-23-21-34(35(26-40)44-27-28-15-16-29-11-8-9-14-32(29)25-28)30-17-19-33(20-18-30)43-24-10-22-39(4)36(41)31-12-6-5-7-13-31/h5-9,11-20,25,34-35H,10,21-24,26-27H2,1-4H3. The minimum atomic E-state index is -0.582. The molecule has 7 heteroatoms. The van der Waals surface area contributed by atoms with Gasteiger partial charge in [0.2, 0.25) is 0 Å². The second kappa shape index (κ2) is 14.7. The van der Waals surface area contributed by atoms with Crippen LogP contribution in [0.25, 0.3) is 10.8 Å². The van der Waals surface area contributed by atoms with Crippen LogP contribution in [0.1, 0.15) is 61.0 Å². The fourth-order valence-corrected chi connectivity index (χ4v) is 5.51. The Balaban J connectivity index is 1.19. The van der Waals surface area contributed by atoms with Crippen LogP contribution in [0, 0.1) is 5.41 Å². The molecule has 236 valence electrons. The van der Waals surface area contributed by atoms with E-state index in [1.54, 1.807) is 9.96 Å². The number of piperidine rings is 1. The topological polar surface area (TPSA) is 68.3 Å². The molecule has 7 nitrogen and oxygen atoms in total. The van der Waals surface area contributed by atoms with E-state index in [1.807, 2.05) is 82.4 Å². The Morgan fingerprint density at radius 2 is 1.60 bits per heavy atom. The van der Waals surface area contributed by atoms with Crippen molar-refractivity contribution in [1.29, 1.82) is 0 Å². The van der Waals surface area contributed by atoms with Crippen molar-refractivity contribution in [3.05, 3.63) is 114 Å². The van der Waals surface area contributed by atoms with Crippen LogP contribution in [0.2, 0.25) is 0 Å². The molecular weight excluding hydrogens is 564 g/mol. The molecule has 1 amide bonds. The smallest absolute Gasteiger partial charge is 0.330 e. The molecule has 4 aromatic carbocycles. The monoisotopic (exact) mass is 608 g/mol. The summed E-state index contributed by atoms with van der Waals surface area (Å²) in [6, 6.07) is 32.2. The van der Waals surface area contributed by atoms with Crippen LogP contribution in [0.3, 0.4) is 0 Å². The summed E-state index contributed by atoms with van der Waals surface area (Å²) in [5, 5.41) is 4.14. The number of nitrogens with zero attached hydrogens (tertiary/aromatic N) is 2. The van der Waals surface area contributed by atoms with Gasteiger partial charge in [-0.2, -0.15) is 0 Å². The Kier molecular flexibility index (Phi) is 10.5. The van der Waals surface area contributed by atoms with Crippen LogP contribution in [0.5, 0.6) is 5.75 Å². The highest BCUT2D eigenvalue weighted by Gasteiger charge is 2.35. The van der Waals surface area contributed by atoms with Crippen LogP contribution in [0.15, 0.2) is 97.1 Å². The van der Waals surface area contributed by atoms with Crippen LogP contribution in [-0.4, -0.2) is 61.2 Å². The van der Waals surface area contributed by atoms with Gasteiger partial charge in [0, 0.05) is 31.6 Å². The van der Waals surface area contributed by atoms with Gasteiger partial charge in [-0.05, 0) is 85.8 Å². The minimum Gasteiger partial charge on any atom is -0.494 e. The number of carbonyl (C=O) groups excluding carboxylic acids is 2. The first kappa shape index (κ1) is 32.2. The van der Waals surface area contributed by atoms with E-state index in [1.165, 1.54) is 16.3 Å². The van der Waals surface area contributed by atoms with Crippen molar-refractivity contribution in [2.75, 3.05) is 33.3 Å². The van der Waals surface area contributed by atoms with Crippen LogP contribution < -0.4 is 4.74 Å². The average Bonchev–Trinajstić information content (AvgIpc) is 3.05. The van der Waals surface area contributed by atoms with Crippen molar-refractivity contribution < 1.29 is 23.9 Å². The lowest BCUT2D eigenvalue weighted by atomic mass is 9.87. The Labute approximate surface area is 266 Å². The van der Waals surface area contributed by atoms with Crippen molar-refractivity contribution in [3.8, 4) is 5.75 Å². The molecule has 45 heavy (non-hydrogen) atoms. The molecule has 0 bridgehead atoms. The summed E-state index contributed by atoms with van der Waals surface area (Å²) in [5.41, 5.74) is 2.38. The predicted octanol–water partition coefficient (Wildman–Crippen LogP) is 7.26. The molecule has 0 aliphatic carbocycles. The van der Waals surface area contributed by atoms with Gasteiger partial charge in [-0.1, -0.05) is 66.7 Å². The predicted molar refractivity (Wildman–Crippen MR) is 177 cm³/mol. The van der Waals surface area contributed by atoms with Crippen molar-refractivity contribution in [2.45, 2.75) is 52.2 Å². The minimum absolute atomic E-state index is 0.0107. The SMILES string of the molecule is CN(CCCOc1ccc(C2CCN(OC(=O)C(C)(C)C)CC2OCc2ccc3ccccc3c2)cc1)C(=O)c1ccccc1. The lowest BCUT2D eigenvalue weighted by Crippen LogP contribution is -2.46. The number of ether oxygens (including phenoxy) is 2. The van der Waals surface area contributed by atoms with Gasteiger partial charge in [-0.3, -0.25) is 4.79 Å². The summed E-state index contributed by atoms with van der Waals surface area (Å²) in [6.45, 7) is 8.31. The average molecular weight is 609 g/mol. The zero-order valence-electron chi connectivity index (χ0n) is 26.8. The molecule has 1 aliphatic heterocycles. The molecule has 1 fully saturated rings. The third-order valence-electron chi connectivity index (χ3n) is 8.21. The normalized spacial score (nSPS) is 17.2. The second-order valence-electron chi connectivity index (χ2n) is 12.8. The lowest BCUT2D eigenvalue weighted by molar-refractivity contribution is -0.216. The zero-order chi connectivity index (χ0) is 31.8. The zero-order valence-corrected chi connectivity index (χ0v) is 26.8. The molecule has 2 unspecified atom stereocenters. The van der Waals surface area contributed by atoms with Gasteiger partial charge in [0.05, 0.1) is 31.3 Å². The van der Waals surface area contributed by atoms with E-state index in [4.69, 9.17) is 14.3 Å². The molecule has 0 spiro atoms. The molecule has 1 heterocycles. The van der Waals surface area contributed by atoms with Crippen molar-refractivity contribution in [2.24, 2.45) is 5.41 Å². The fourth-order valence-electron chi connectivity index (χ4n) is 5.51. The second-order valence-corrected chi connectivity index (χ2v) is 12.8. The Morgan fingerprint density at radius 1 is 0.889 bits per heavy atom. The molecule has 0 aromatic heterocycles. The van der Waals surface area contributed by atoms with Gasteiger partial charge in [-0.15, -0.1) is 5.06 Å². The summed E-state index contributed by atoms with van der Waals surface area (Å²) in [6.07, 6.45) is 1.36. The highest BCUT2D eigenvalue weighted by Crippen LogP contribution is 2.33. The van der Waals surface area contributed by atoms with E-state index >= 15 is 0 Å². The van der Waals surface area contributed by atoms with E-state index < -0.39 is 5.41 Å². The van der Waals surface area contributed by atoms with Gasteiger partial charge in [-0.25, -0.2) is 4.79 Å². The summed E-state index contributed by atoms with van der Waals surface area (Å²) < 4.78 is 12.6. The molecule has 2 atom stereocenters. The number of hydroxylamine groups is 2.